The quantitative estimate of drug-likeness (QED) is 0.374. The molecule has 5 aliphatic carbocycles. The molecule has 0 amide bonds. The van der Waals surface area contributed by atoms with Gasteiger partial charge in [0.2, 0.25) is 0 Å². The fourth-order valence-electron chi connectivity index (χ4n) is 11.1. The van der Waals surface area contributed by atoms with Crippen LogP contribution in [0.5, 0.6) is 0 Å². The molecule has 0 aromatic carbocycles. The Labute approximate surface area is 211 Å². The van der Waals surface area contributed by atoms with Crippen molar-refractivity contribution in [2.45, 2.75) is 120 Å². The highest BCUT2D eigenvalue weighted by molar-refractivity contribution is 5.29. The topological polar surface area (TPSA) is 23.8 Å². The summed E-state index contributed by atoms with van der Waals surface area (Å²) in [6.45, 7) is 20.4. The predicted octanol–water partition coefficient (Wildman–Crippen LogP) is 9.44. The van der Waals surface area contributed by atoms with E-state index in [0.29, 0.717) is 34.0 Å². The van der Waals surface area contributed by atoms with Crippen LogP contribution >= 0.6 is 0 Å². The van der Waals surface area contributed by atoms with Crippen molar-refractivity contribution in [1.82, 2.24) is 0 Å². The van der Waals surface area contributed by atoms with Crippen LogP contribution < -0.4 is 0 Å². The van der Waals surface area contributed by atoms with Gasteiger partial charge >= 0.3 is 0 Å². The van der Waals surface area contributed by atoms with Crippen molar-refractivity contribution in [3.05, 3.63) is 11.6 Å². The van der Waals surface area contributed by atoms with Crippen LogP contribution in [0.1, 0.15) is 120 Å². The van der Waals surface area contributed by atoms with Crippen molar-refractivity contribution >= 4 is 0 Å². The van der Waals surface area contributed by atoms with Crippen LogP contribution in [-0.4, -0.2) is 0 Å². The van der Waals surface area contributed by atoms with Crippen LogP contribution in [0.4, 0.5) is 0 Å². The van der Waals surface area contributed by atoms with Crippen LogP contribution in [0, 0.1) is 80.3 Å². The molecular formula is C33H53N. The highest BCUT2D eigenvalue weighted by Gasteiger charge is 2.64. The first kappa shape index (κ1) is 24.9. The van der Waals surface area contributed by atoms with Gasteiger partial charge in [0.05, 0.1) is 12.0 Å². The first-order valence-corrected chi connectivity index (χ1v) is 15.0. The Morgan fingerprint density at radius 2 is 1.68 bits per heavy atom. The second-order valence-electron chi connectivity index (χ2n) is 15.4. The van der Waals surface area contributed by atoms with Gasteiger partial charge in [0.1, 0.15) is 0 Å². The zero-order valence-electron chi connectivity index (χ0n) is 23.7. The molecule has 0 spiro atoms. The van der Waals surface area contributed by atoms with Crippen molar-refractivity contribution in [2.75, 3.05) is 0 Å². The summed E-state index contributed by atoms with van der Waals surface area (Å²) in [4.78, 5) is 0. The maximum atomic E-state index is 10.1. The molecule has 11 unspecified atom stereocenters. The van der Waals surface area contributed by atoms with Crippen LogP contribution in [0.2, 0.25) is 0 Å². The summed E-state index contributed by atoms with van der Waals surface area (Å²) in [6, 6.07) is 2.79. The molecule has 11 atom stereocenters. The Balaban J connectivity index is 1.41. The Morgan fingerprint density at radius 3 is 2.38 bits per heavy atom. The van der Waals surface area contributed by atoms with E-state index in [1.54, 1.807) is 0 Å². The third-order valence-corrected chi connectivity index (χ3v) is 14.1. The van der Waals surface area contributed by atoms with Gasteiger partial charge in [-0.15, -0.1) is 0 Å². The van der Waals surface area contributed by atoms with E-state index in [1.165, 1.54) is 64.2 Å². The normalized spacial score (nSPS) is 54.3. The zero-order chi connectivity index (χ0) is 24.7. The van der Waals surface area contributed by atoms with E-state index in [0.717, 1.165) is 23.7 Å². The van der Waals surface area contributed by atoms with E-state index in [1.807, 2.05) is 5.57 Å². The predicted molar refractivity (Wildman–Crippen MR) is 143 cm³/mol. The fraction of sp³-hybridized carbons (Fsp3) is 0.909. The molecule has 34 heavy (non-hydrogen) atoms. The van der Waals surface area contributed by atoms with Crippen LogP contribution in [0.25, 0.3) is 0 Å². The second kappa shape index (κ2) is 8.12. The third kappa shape index (κ3) is 3.28. The van der Waals surface area contributed by atoms with Gasteiger partial charge in [-0.1, -0.05) is 73.5 Å². The number of nitriles is 1. The number of rotatable bonds is 2. The second-order valence-corrected chi connectivity index (χ2v) is 15.4. The Kier molecular flexibility index (Phi) is 5.95. The third-order valence-electron chi connectivity index (χ3n) is 14.1. The number of hydrogen-bond donors (Lipinski definition) is 0. The molecule has 0 aromatic heterocycles. The molecule has 0 radical (unpaired) electrons. The first-order valence-electron chi connectivity index (χ1n) is 15.0. The lowest BCUT2D eigenvalue weighted by molar-refractivity contribution is -0.126. The lowest BCUT2D eigenvalue weighted by Crippen LogP contribution is -2.57. The summed E-state index contributed by atoms with van der Waals surface area (Å²) in [6.07, 6.45) is 16.6. The standard InChI is InChI=1S/C33H53N/c1-21-18-24(26(20-34)23(3)22(21)2)19-25-10-11-28-27(30(25,4)5)12-13-29-32(28,7)17-16-31(6)14-9-15-33(29,31)8/h12,21-26,28-29H,9-11,13-19H2,1-8H3. The zero-order valence-corrected chi connectivity index (χ0v) is 23.7. The minimum Gasteiger partial charge on any atom is -0.198 e. The van der Waals surface area contributed by atoms with Crippen molar-refractivity contribution in [3.63, 3.8) is 0 Å². The number of hydrogen-bond acceptors (Lipinski definition) is 1. The Morgan fingerprint density at radius 1 is 0.941 bits per heavy atom. The summed E-state index contributed by atoms with van der Waals surface area (Å²) in [7, 11) is 0. The molecule has 0 bridgehead atoms. The molecular weight excluding hydrogens is 410 g/mol. The minimum absolute atomic E-state index is 0.250. The molecule has 4 fully saturated rings. The Hall–Kier alpha value is -0.770. The molecule has 0 saturated heterocycles. The lowest BCUT2D eigenvalue weighted by atomic mass is 9.39. The van der Waals surface area contributed by atoms with Gasteiger partial charge in [0.25, 0.3) is 0 Å². The van der Waals surface area contributed by atoms with Gasteiger partial charge in [0, 0.05) is 0 Å². The van der Waals surface area contributed by atoms with E-state index in [4.69, 9.17) is 0 Å². The van der Waals surface area contributed by atoms with E-state index in [-0.39, 0.29) is 11.3 Å². The minimum atomic E-state index is 0.250. The highest BCUT2D eigenvalue weighted by atomic mass is 14.7. The SMILES string of the molecule is CC1CC(CC2CCC3C(=CCC4C3(C)CCC3(C)CCCC43C)C2(C)C)C(C#N)C(C)C1C. The van der Waals surface area contributed by atoms with Gasteiger partial charge in [0.15, 0.2) is 0 Å². The van der Waals surface area contributed by atoms with Gasteiger partial charge in [-0.2, -0.15) is 5.26 Å². The van der Waals surface area contributed by atoms with E-state index >= 15 is 0 Å². The van der Waals surface area contributed by atoms with Gasteiger partial charge in [-0.25, -0.2) is 0 Å². The van der Waals surface area contributed by atoms with Crippen molar-refractivity contribution in [2.24, 2.45) is 69.0 Å². The average Bonchev–Trinajstić information content (AvgIpc) is 3.09. The number of nitrogens with zero attached hydrogens (tertiary/aromatic N) is 1. The van der Waals surface area contributed by atoms with E-state index < -0.39 is 0 Å². The smallest absolute Gasteiger partial charge is 0.0661 e. The maximum Gasteiger partial charge on any atom is 0.0661 e. The summed E-state index contributed by atoms with van der Waals surface area (Å²) < 4.78 is 0. The molecule has 0 aromatic rings. The molecule has 5 aliphatic rings. The summed E-state index contributed by atoms with van der Waals surface area (Å²) in [5.41, 5.74) is 3.71. The molecule has 1 heteroatoms. The largest absolute Gasteiger partial charge is 0.198 e. The highest BCUT2D eigenvalue weighted by Crippen LogP contribution is 2.73. The number of fused-ring (bicyclic) bond motifs is 5. The first-order chi connectivity index (χ1) is 15.9. The molecule has 5 rings (SSSR count). The number of allylic oxidation sites excluding steroid dienone is 2. The van der Waals surface area contributed by atoms with Crippen molar-refractivity contribution in [3.8, 4) is 6.07 Å². The molecule has 4 saturated carbocycles. The van der Waals surface area contributed by atoms with E-state index in [9.17, 15) is 5.26 Å². The van der Waals surface area contributed by atoms with Crippen molar-refractivity contribution in [1.29, 1.82) is 5.26 Å². The van der Waals surface area contributed by atoms with Crippen LogP contribution in [0.3, 0.4) is 0 Å². The molecule has 0 aliphatic heterocycles. The van der Waals surface area contributed by atoms with Crippen LogP contribution in [0.15, 0.2) is 11.6 Å². The molecule has 190 valence electrons. The average molecular weight is 464 g/mol. The summed E-state index contributed by atoms with van der Waals surface area (Å²) in [5.74, 6) is 5.20. The molecule has 0 N–H and O–H groups in total. The van der Waals surface area contributed by atoms with Crippen LogP contribution in [-0.2, 0) is 0 Å². The molecule has 1 nitrogen and oxygen atoms in total. The maximum absolute atomic E-state index is 10.1. The monoisotopic (exact) mass is 463 g/mol. The van der Waals surface area contributed by atoms with Gasteiger partial charge in [-0.3, -0.25) is 0 Å². The van der Waals surface area contributed by atoms with Crippen molar-refractivity contribution < 1.29 is 0 Å². The van der Waals surface area contributed by atoms with E-state index in [2.05, 4.69) is 67.5 Å². The van der Waals surface area contributed by atoms with Gasteiger partial charge in [-0.05, 0) is 121 Å². The fourth-order valence-corrected chi connectivity index (χ4v) is 11.1. The summed E-state index contributed by atoms with van der Waals surface area (Å²) >= 11 is 0. The van der Waals surface area contributed by atoms with Gasteiger partial charge < -0.3 is 0 Å². The Bertz CT molecular complexity index is 875. The lowest BCUT2D eigenvalue weighted by Gasteiger charge is -2.65. The molecule has 0 heterocycles. The summed E-state index contributed by atoms with van der Waals surface area (Å²) in [5, 5.41) is 10.1.